The summed E-state index contributed by atoms with van der Waals surface area (Å²) in [5, 5.41) is 1.13. The van der Waals surface area contributed by atoms with Crippen LogP contribution >= 0.6 is 11.6 Å². The summed E-state index contributed by atoms with van der Waals surface area (Å²) in [4.78, 5) is 12.5. The first kappa shape index (κ1) is 17.9. The van der Waals surface area contributed by atoms with Gasteiger partial charge in [0.15, 0.2) is 0 Å². The Morgan fingerprint density at radius 3 is 2.56 bits per heavy atom. The Morgan fingerprint density at radius 2 is 1.81 bits per heavy atom. The third kappa shape index (κ3) is 3.68. The Kier molecular flexibility index (Phi) is 4.84. The molecule has 3 aromatic rings. The lowest BCUT2D eigenvalue weighted by Gasteiger charge is -2.36. The van der Waals surface area contributed by atoms with Crippen LogP contribution in [-0.2, 0) is 6.54 Å². The van der Waals surface area contributed by atoms with Gasteiger partial charge in [0.05, 0.1) is 11.1 Å². The Bertz CT molecular complexity index is 968. The highest BCUT2D eigenvalue weighted by molar-refractivity contribution is 6.34. The first-order chi connectivity index (χ1) is 13.0. The van der Waals surface area contributed by atoms with E-state index in [-0.39, 0.29) is 5.95 Å². The second kappa shape index (κ2) is 7.28. The minimum atomic E-state index is -0.557. The molecule has 0 amide bonds. The van der Waals surface area contributed by atoms with E-state index >= 15 is 0 Å². The fraction of sp³-hybridized carbons (Fsp3) is 0.333. The lowest BCUT2D eigenvalue weighted by atomic mass is 10.2. The van der Waals surface area contributed by atoms with E-state index in [4.69, 9.17) is 17.3 Å². The van der Waals surface area contributed by atoms with Crippen LogP contribution in [0.1, 0.15) is 0 Å². The summed E-state index contributed by atoms with van der Waals surface area (Å²) in [5.74, 6) is -0.919. The molecule has 6 nitrogen and oxygen atoms in total. The number of hydrogen-bond acceptors (Lipinski definition) is 5. The monoisotopic (exact) mass is 392 g/mol. The number of anilines is 2. The molecule has 9 heteroatoms. The van der Waals surface area contributed by atoms with E-state index in [1.54, 1.807) is 0 Å². The number of halogens is 3. The van der Waals surface area contributed by atoms with Gasteiger partial charge in [0.25, 0.3) is 0 Å². The van der Waals surface area contributed by atoms with Crippen LogP contribution in [0.25, 0.3) is 11.0 Å². The van der Waals surface area contributed by atoms with Gasteiger partial charge in [-0.25, -0.2) is 13.8 Å². The maximum absolute atomic E-state index is 13.9. The Labute approximate surface area is 160 Å². The van der Waals surface area contributed by atoms with Crippen molar-refractivity contribution in [2.24, 2.45) is 0 Å². The second-order valence-corrected chi connectivity index (χ2v) is 6.90. The fourth-order valence-electron chi connectivity index (χ4n) is 3.42. The summed E-state index contributed by atoms with van der Waals surface area (Å²) in [5.41, 5.74) is 6.87. The van der Waals surface area contributed by atoms with Gasteiger partial charge in [0.2, 0.25) is 5.95 Å². The highest BCUT2D eigenvalue weighted by Gasteiger charge is 2.20. The van der Waals surface area contributed by atoms with Crippen LogP contribution in [0.2, 0.25) is 5.15 Å². The van der Waals surface area contributed by atoms with Crippen LogP contribution in [0.3, 0.4) is 0 Å². The quantitative estimate of drug-likeness (QED) is 0.692. The van der Waals surface area contributed by atoms with Gasteiger partial charge in [-0.3, -0.25) is 4.90 Å². The van der Waals surface area contributed by atoms with Gasteiger partial charge in [0.1, 0.15) is 22.4 Å². The summed E-state index contributed by atoms with van der Waals surface area (Å²) in [6.07, 6.45) is 1.93. The van der Waals surface area contributed by atoms with E-state index in [1.807, 2.05) is 21.7 Å². The highest BCUT2D eigenvalue weighted by atomic mass is 35.5. The first-order valence-corrected chi connectivity index (χ1v) is 9.09. The molecule has 0 unspecified atom stereocenters. The van der Waals surface area contributed by atoms with E-state index in [9.17, 15) is 8.78 Å². The van der Waals surface area contributed by atoms with Gasteiger partial charge in [-0.15, -0.1) is 0 Å². The number of rotatable bonds is 4. The molecule has 0 aliphatic carbocycles. The maximum Gasteiger partial charge on any atom is 0.223 e. The molecule has 27 heavy (non-hydrogen) atoms. The molecular formula is C18H19ClF2N6. The molecule has 0 radical (unpaired) electrons. The van der Waals surface area contributed by atoms with Gasteiger partial charge in [-0.05, 0) is 18.2 Å². The standard InChI is InChI=1S/C18H19ClF2N6/c19-16-13-3-4-27(17(13)24-18(22)23-16)10-7-25-5-8-26(9-6-25)15-2-1-12(20)11-14(15)21/h1-4,11H,5-10H2,(H2,22,23,24). The van der Waals surface area contributed by atoms with Crippen molar-refractivity contribution in [3.05, 3.63) is 47.2 Å². The number of nitrogens with two attached hydrogens (primary N) is 1. The molecule has 0 atom stereocenters. The van der Waals surface area contributed by atoms with Crippen LogP contribution in [0.15, 0.2) is 30.5 Å². The van der Waals surface area contributed by atoms with E-state index < -0.39 is 11.6 Å². The highest BCUT2D eigenvalue weighted by Crippen LogP contribution is 2.23. The molecule has 1 saturated heterocycles. The fourth-order valence-corrected chi connectivity index (χ4v) is 3.66. The van der Waals surface area contributed by atoms with Crippen molar-refractivity contribution in [2.75, 3.05) is 43.4 Å². The second-order valence-electron chi connectivity index (χ2n) is 6.54. The van der Waals surface area contributed by atoms with Gasteiger partial charge in [0, 0.05) is 51.5 Å². The van der Waals surface area contributed by atoms with Gasteiger partial charge < -0.3 is 15.2 Å². The van der Waals surface area contributed by atoms with Crippen LogP contribution in [-0.4, -0.2) is 52.2 Å². The molecule has 4 rings (SSSR count). The molecule has 3 heterocycles. The van der Waals surface area contributed by atoms with Gasteiger partial charge in [-0.1, -0.05) is 11.6 Å². The van der Waals surface area contributed by atoms with E-state index in [1.165, 1.54) is 12.1 Å². The van der Waals surface area contributed by atoms with Crippen LogP contribution in [0.5, 0.6) is 0 Å². The zero-order chi connectivity index (χ0) is 19.0. The Balaban J connectivity index is 1.37. The van der Waals surface area contributed by atoms with E-state index in [2.05, 4.69) is 14.9 Å². The first-order valence-electron chi connectivity index (χ1n) is 8.71. The summed E-state index contributed by atoms with van der Waals surface area (Å²) >= 11 is 6.11. The molecule has 1 aliphatic heterocycles. The Hall–Kier alpha value is -2.45. The van der Waals surface area contributed by atoms with Crippen molar-refractivity contribution < 1.29 is 8.78 Å². The molecule has 0 saturated carbocycles. The molecule has 2 N–H and O–H groups in total. The number of nitrogens with zero attached hydrogens (tertiary/aromatic N) is 5. The zero-order valence-corrected chi connectivity index (χ0v) is 15.3. The summed E-state index contributed by atoms with van der Waals surface area (Å²) < 4.78 is 29.0. The number of nitrogen functional groups attached to an aromatic ring is 1. The SMILES string of the molecule is Nc1nc(Cl)c2ccn(CCN3CCN(c4ccc(F)cc4F)CC3)c2n1. The minimum Gasteiger partial charge on any atom is -0.368 e. The number of fused-ring (bicyclic) bond motifs is 1. The van der Waals surface area contributed by atoms with Gasteiger partial charge in [-0.2, -0.15) is 4.98 Å². The number of piperazine rings is 1. The molecular weight excluding hydrogens is 374 g/mol. The van der Waals surface area contributed by atoms with Crippen molar-refractivity contribution in [1.82, 2.24) is 19.4 Å². The average Bonchev–Trinajstić information content (AvgIpc) is 3.04. The lowest BCUT2D eigenvalue weighted by Crippen LogP contribution is -2.47. The lowest BCUT2D eigenvalue weighted by molar-refractivity contribution is 0.248. The molecule has 142 valence electrons. The molecule has 0 bridgehead atoms. The molecule has 2 aromatic heterocycles. The summed E-state index contributed by atoms with van der Waals surface area (Å²) in [7, 11) is 0. The summed E-state index contributed by atoms with van der Waals surface area (Å²) in [6.45, 7) is 4.54. The third-order valence-corrected chi connectivity index (χ3v) is 5.16. The minimum absolute atomic E-state index is 0.155. The number of hydrogen-bond donors (Lipinski definition) is 1. The predicted molar refractivity (Wildman–Crippen MR) is 102 cm³/mol. The maximum atomic E-state index is 13.9. The largest absolute Gasteiger partial charge is 0.368 e. The molecule has 1 fully saturated rings. The smallest absolute Gasteiger partial charge is 0.223 e. The Morgan fingerprint density at radius 1 is 1.04 bits per heavy atom. The summed E-state index contributed by atoms with van der Waals surface area (Å²) in [6, 6.07) is 5.60. The molecule has 1 aromatic carbocycles. The predicted octanol–water partition coefficient (Wildman–Crippen LogP) is 2.77. The number of benzene rings is 1. The third-order valence-electron chi connectivity index (χ3n) is 4.87. The van der Waals surface area contributed by atoms with Crippen molar-refractivity contribution in [3.8, 4) is 0 Å². The topological polar surface area (TPSA) is 63.2 Å². The van der Waals surface area contributed by atoms with Crippen molar-refractivity contribution >= 4 is 34.3 Å². The van der Waals surface area contributed by atoms with Crippen molar-refractivity contribution in [1.29, 1.82) is 0 Å². The molecule has 0 spiro atoms. The molecule has 1 aliphatic rings. The average molecular weight is 393 g/mol. The van der Waals surface area contributed by atoms with Crippen LogP contribution < -0.4 is 10.6 Å². The number of aromatic nitrogens is 3. The van der Waals surface area contributed by atoms with E-state index in [0.29, 0.717) is 23.9 Å². The van der Waals surface area contributed by atoms with Crippen LogP contribution in [0.4, 0.5) is 20.4 Å². The zero-order valence-electron chi connectivity index (χ0n) is 14.6. The van der Waals surface area contributed by atoms with E-state index in [0.717, 1.165) is 43.3 Å². The van der Waals surface area contributed by atoms with Gasteiger partial charge >= 0.3 is 0 Å². The van der Waals surface area contributed by atoms with Crippen molar-refractivity contribution in [3.63, 3.8) is 0 Å². The van der Waals surface area contributed by atoms with Crippen molar-refractivity contribution in [2.45, 2.75) is 6.54 Å². The van der Waals surface area contributed by atoms with Crippen LogP contribution in [0, 0.1) is 11.6 Å². The normalized spacial score (nSPS) is 15.6.